The lowest BCUT2D eigenvalue weighted by atomic mass is 9.89. The minimum Gasteiger partial charge on any atom is -0.362 e. The van der Waals surface area contributed by atoms with E-state index in [2.05, 4.69) is 37.9 Å². The summed E-state index contributed by atoms with van der Waals surface area (Å²) in [5, 5.41) is 4.29. The van der Waals surface area contributed by atoms with E-state index in [1.54, 1.807) is 0 Å². The standard InChI is InChI=1S/C12H24N2S/c1-9(2)7-13-12(15)14-6-5-10(3)11(4)8-14/h9-11H,5-8H2,1-4H3,(H,13,15). The van der Waals surface area contributed by atoms with Gasteiger partial charge in [0.15, 0.2) is 5.11 Å². The van der Waals surface area contributed by atoms with Crippen LogP contribution in [0.4, 0.5) is 0 Å². The van der Waals surface area contributed by atoms with Crippen molar-refractivity contribution in [3.05, 3.63) is 0 Å². The second-order valence-electron chi connectivity index (χ2n) is 5.27. The molecule has 15 heavy (non-hydrogen) atoms. The number of nitrogens with zero attached hydrogens (tertiary/aromatic N) is 1. The topological polar surface area (TPSA) is 15.3 Å². The van der Waals surface area contributed by atoms with Crippen LogP contribution in [0.1, 0.15) is 34.1 Å². The molecular weight excluding hydrogens is 204 g/mol. The minimum atomic E-state index is 0.657. The molecule has 0 aromatic heterocycles. The number of rotatable bonds is 2. The van der Waals surface area contributed by atoms with Gasteiger partial charge in [0.25, 0.3) is 0 Å². The number of hydrogen-bond acceptors (Lipinski definition) is 1. The van der Waals surface area contributed by atoms with Gasteiger partial charge < -0.3 is 10.2 Å². The summed E-state index contributed by atoms with van der Waals surface area (Å²) in [5.41, 5.74) is 0. The van der Waals surface area contributed by atoms with Crippen molar-refractivity contribution >= 4 is 17.3 Å². The van der Waals surface area contributed by atoms with Gasteiger partial charge in [0.1, 0.15) is 0 Å². The zero-order valence-corrected chi connectivity index (χ0v) is 11.2. The highest BCUT2D eigenvalue weighted by molar-refractivity contribution is 7.80. The van der Waals surface area contributed by atoms with E-state index in [9.17, 15) is 0 Å². The van der Waals surface area contributed by atoms with Crippen LogP contribution < -0.4 is 5.32 Å². The van der Waals surface area contributed by atoms with E-state index in [0.717, 1.165) is 36.6 Å². The van der Waals surface area contributed by atoms with E-state index in [1.807, 2.05) is 0 Å². The van der Waals surface area contributed by atoms with Gasteiger partial charge in [0.2, 0.25) is 0 Å². The summed E-state index contributed by atoms with van der Waals surface area (Å²) in [6, 6.07) is 0. The van der Waals surface area contributed by atoms with Crippen molar-refractivity contribution in [1.82, 2.24) is 10.2 Å². The quantitative estimate of drug-likeness (QED) is 0.731. The van der Waals surface area contributed by atoms with E-state index >= 15 is 0 Å². The molecule has 2 nitrogen and oxygen atoms in total. The summed E-state index contributed by atoms with van der Waals surface area (Å²) in [4.78, 5) is 2.32. The molecule has 0 bridgehead atoms. The van der Waals surface area contributed by atoms with Crippen LogP contribution in [0.15, 0.2) is 0 Å². The number of likely N-dealkylation sites (tertiary alicyclic amines) is 1. The van der Waals surface area contributed by atoms with Crippen LogP contribution in [-0.2, 0) is 0 Å². The Balaban J connectivity index is 2.34. The van der Waals surface area contributed by atoms with Crippen molar-refractivity contribution in [2.75, 3.05) is 19.6 Å². The lowest BCUT2D eigenvalue weighted by Gasteiger charge is -2.37. The third-order valence-electron chi connectivity index (χ3n) is 3.28. The Morgan fingerprint density at radius 3 is 2.60 bits per heavy atom. The number of thiocarbonyl (C=S) groups is 1. The van der Waals surface area contributed by atoms with Crippen LogP contribution in [0.5, 0.6) is 0 Å². The van der Waals surface area contributed by atoms with Gasteiger partial charge in [-0.25, -0.2) is 0 Å². The molecule has 0 aliphatic carbocycles. The average Bonchev–Trinajstić information content (AvgIpc) is 2.18. The van der Waals surface area contributed by atoms with Gasteiger partial charge in [-0.2, -0.15) is 0 Å². The van der Waals surface area contributed by atoms with Crippen molar-refractivity contribution in [1.29, 1.82) is 0 Å². The third-order valence-corrected chi connectivity index (χ3v) is 3.69. The molecule has 1 aliphatic rings. The van der Waals surface area contributed by atoms with Crippen LogP contribution in [0.25, 0.3) is 0 Å². The molecule has 1 N–H and O–H groups in total. The second-order valence-corrected chi connectivity index (χ2v) is 5.66. The van der Waals surface area contributed by atoms with Gasteiger partial charge in [-0.1, -0.05) is 27.7 Å². The lowest BCUT2D eigenvalue weighted by molar-refractivity contribution is 0.202. The van der Waals surface area contributed by atoms with Gasteiger partial charge in [-0.3, -0.25) is 0 Å². The Morgan fingerprint density at radius 2 is 2.07 bits per heavy atom. The van der Waals surface area contributed by atoms with Crippen LogP contribution in [-0.4, -0.2) is 29.6 Å². The molecule has 2 atom stereocenters. The van der Waals surface area contributed by atoms with Gasteiger partial charge in [0.05, 0.1) is 0 Å². The van der Waals surface area contributed by atoms with Gasteiger partial charge in [-0.15, -0.1) is 0 Å². The number of nitrogens with one attached hydrogen (secondary N) is 1. The SMILES string of the molecule is CC(C)CNC(=S)N1CCC(C)C(C)C1. The van der Waals surface area contributed by atoms with Crippen LogP contribution in [0, 0.1) is 17.8 Å². The number of piperidine rings is 1. The fraction of sp³-hybridized carbons (Fsp3) is 0.917. The molecule has 0 radical (unpaired) electrons. The highest BCUT2D eigenvalue weighted by Gasteiger charge is 2.23. The Bertz CT molecular complexity index is 216. The second kappa shape index (κ2) is 5.69. The van der Waals surface area contributed by atoms with Gasteiger partial charge in [0, 0.05) is 19.6 Å². The normalized spacial score (nSPS) is 26.9. The molecule has 1 saturated heterocycles. The average molecular weight is 228 g/mol. The molecule has 0 aromatic rings. The molecule has 0 saturated carbocycles. The first-order chi connectivity index (χ1) is 7.00. The zero-order valence-electron chi connectivity index (χ0n) is 10.4. The van der Waals surface area contributed by atoms with Crippen molar-refractivity contribution in [2.45, 2.75) is 34.1 Å². The summed E-state index contributed by atoms with van der Waals surface area (Å²) in [7, 11) is 0. The van der Waals surface area contributed by atoms with E-state index in [1.165, 1.54) is 6.42 Å². The van der Waals surface area contributed by atoms with E-state index < -0.39 is 0 Å². The summed E-state index contributed by atoms with van der Waals surface area (Å²) in [5.74, 6) is 2.26. The largest absolute Gasteiger partial charge is 0.362 e. The van der Waals surface area contributed by atoms with Gasteiger partial charge >= 0.3 is 0 Å². The summed E-state index contributed by atoms with van der Waals surface area (Å²) < 4.78 is 0. The van der Waals surface area contributed by atoms with Crippen LogP contribution in [0.3, 0.4) is 0 Å². The maximum absolute atomic E-state index is 5.40. The molecule has 88 valence electrons. The van der Waals surface area contributed by atoms with Crippen molar-refractivity contribution in [3.8, 4) is 0 Å². The Hall–Kier alpha value is -0.310. The molecular formula is C12H24N2S. The molecule has 0 amide bonds. The first kappa shape index (κ1) is 12.8. The maximum Gasteiger partial charge on any atom is 0.168 e. The van der Waals surface area contributed by atoms with Gasteiger partial charge in [-0.05, 0) is 36.4 Å². The van der Waals surface area contributed by atoms with E-state index in [0.29, 0.717) is 5.92 Å². The third kappa shape index (κ3) is 3.98. The summed E-state index contributed by atoms with van der Waals surface area (Å²) in [6.45, 7) is 12.3. The fourth-order valence-corrected chi connectivity index (χ4v) is 2.10. The van der Waals surface area contributed by atoms with Crippen molar-refractivity contribution in [2.24, 2.45) is 17.8 Å². The summed E-state index contributed by atoms with van der Waals surface area (Å²) in [6.07, 6.45) is 1.27. The first-order valence-corrected chi connectivity index (χ1v) is 6.44. The molecule has 1 rings (SSSR count). The fourth-order valence-electron chi connectivity index (χ4n) is 1.85. The predicted octanol–water partition coefficient (Wildman–Crippen LogP) is 2.49. The molecule has 1 fully saturated rings. The number of hydrogen-bond donors (Lipinski definition) is 1. The zero-order chi connectivity index (χ0) is 11.4. The Kier molecular flexibility index (Phi) is 4.84. The smallest absolute Gasteiger partial charge is 0.168 e. The van der Waals surface area contributed by atoms with Crippen LogP contribution in [0.2, 0.25) is 0 Å². The molecule has 0 aromatic carbocycles. The Morgan fingerprint density at radius 1 is 1.40 bits per heavy atom. The molecule has 2 unspecified atom stereocenters. The first-order valence-electron chi connectivity index (χ1n) is 6.03. The molecule has 1 heterocycles. The minimum absolute atomic E-state index is 0.657. The van der Waals surface area contributed by atoms with Crippen molar-refractivity contribution in [3.63, 3.8) is 0 Å². The molecule has 3 heteroatoms. The van der Waals surface area contributed by atoms with Crippen molar-refractivity contribution < 1.29 is 0 Å². The molecule has 0 spiro atoms. The van der Waals surface area contributed by atoms with Crippen LogP contribution >= 0.6 is 12.2 Å². The Labute approximate surface area is 99.4 Å². The van der Waals surface area contributed by atoms with E-state index in [4.69, 9.17) is 12.2 Å². The maximum atomic E-state index is 5.40. The highest BCUT2D eigenvalue weighted by Crippen LogP contribution is 2.22. The monoisotopic (exact) mass is 228 g/mol. The molecule has 1 aliphatic heterocycles. The lowest BCUT2D eigenvalue weighted by Crippen LogP contribution is -2.47. The van der Waals surface area contributed by atoms with E-state index in [-0.39, 0.29) is 0 Å². The predicted molar refractivity (Wildman–Crippen MR) is 70.0 cm³/mol. The summed E-state index contributed by atoms with van der Waals surface area (Å²) >= 11 is 5.40. The highest BCUT2D eigenvalue weighted by atomic mass is 32.1.